The Hall–Kier alpha value is -1.10. The molecule has 1 N–H and O–H groups in total. The van der Waals surface area contributed by atoms with E-state index in [1.165, 1.54) is 25.7 Å². The van der Waals surface area contributed by atoms with E-state index in [1.54, 1.807) is 0 Å². The highest BCUT2D eigenvalue weighted by atomic mass is 16.2. The van der Waals surface area contributed by atoms with Crippen LogP contribution in [0.1, 0.15) is 51.4 Å². The zero-order chi connectivity index (χ0) is 15.4. The predicted octanol–water partition coefficient (Wildman–Crippen LogP) is 1.38. The Labute approximate surface area is 133 Å². The van der Waals surface area contributed by atoms with E-state index in [0.717, 1.165) is 51.4 Å². The molecule has 1 atom stereocenters. The number of hydrogen-bond acceptors (Lipinski definition) is 3. The minimum Gasteiger partial charge on any atom is -0.341 e. The van der Waals surface area contributed by atoms with Crippen LogP contribution < -0.4 is 5.32 Å². The van der Waals surface area contributed by atoms with Crippen LogP contribution >= 0.6 is 0 Å². The maximum atomic E-state index is 12.5. The summed E-state index contributed by atoms with van der Waals surface area (Å²) in [5.41, 5.74) is 0. The highest BCUT2D eigenvalue weighted by Crippen LogP contribution is 2.29. The Morgan fingerprint density at radius 3 is 2.73 bits per heavy atom. The third-order valence-electron chi connectivity index (χ3n) is 5.56. The van der Waals surface area contributed by atoms with E-state index in [-0.39, 0.29) is 11.9 Å². The Morgan fingerprint density at radius 2 is 1.95 bits per heavy atom. The Morgan fingerprint density at radius 1 is 1.14 bits per heavy atom. The second-order valence-corrected chi connectivity index (χ2v) is 7.09. The molecule has 0 aromatic carbocycles. The van der Waals surface area contributed by atoms with E-state index in [1.807, 2.05) is 9.80 Å². The van der Waals surface area contributed by atoms with Crippen molar-refractivity contribution in [2.75, 3.05) is 32.7 Å². The average Bonchev–Trinajstić information content (AvgIpc) is 3.06. The van der Waals surface area contributed by atoms with Crippen molar-refractivity contribution in [1.82, 2.24) is 15.1 Å². The topological polar surface area (TPSA) is 52.7 Å². The highest BCUT2D eigenvalue weighted by Gasteiger charge is 2.31. The van der Waals surface area contributed by atoms with Gasteiger partial charge in [0.25, 0.3) is 0 Å². The van der Waals surface area contributed by atoms with Gasteiger partial charge >= 0.3 is 0 Å². The molecule has 1 unspecified atom stereocenters. The number of hydrogen-bond donors (Lipinski definition) is 1. The zero-order valence-corrected chi connectivity index (χ0v) is 13.6. The van der Waals surface area contributed by atoms with E-state index in [9.17, 15) is 9.59 Å². The van der Waals surface area contributed by atoms with Crippen molar-refractivity contribution < 1.29 is 9.59 Å². The van der Waals surface area contributed by atoms with Crippen LogP contribution in [0.5, 0.6) is 0 Å². The number of carbonyl (C=O) groups excluding carboxylic acids is 2. The molecule has 2 amide bonds. The Bertz CT molecular complexity index is 407. The quantitative estimate of drug-likeness (QED) is 0.854. The number of likely N-dealkylation sites (tertiary alicyclic amines) is 1. The van der Waals surface area contributed by atoms with Gasteiger partial charge in [0.2, 0.25) is 11.8 Å². The number of amides is 2. The molecule has 0 radical (unpaired) electrons. The fraction of sp³-hybridized carbons (Fsp3) is 0.882. The molecule has 22 heavy (non-hydrogen) atoms. The first-order chi connectivity index (χ1) is 10.7. The standard InChI is InChI=1S/C17H29N3O2/c21-16(8-7-14-4-1-2-5-14)19-10-3-6-15(13-19)20-11-9-18-12-17(20)22/h14-15,18H,1-13H2. The minimum atomic E-state index is 0.191. The van der Waals surface area contributed by atoms with Crippen LogP contribution in [0.15, 0.2) is 0 Å². The van der Waals surface area contributed by atoms with E-state index in [2.05, 4.69) is 5.32 Å². The molecule has 5 nitrogen and oxygen atoms in total. The van der Waals surface area contributed by atoms with Crippen molar-refractivity contribution in [3.8, 4) is 0 Å². The van der Waals surface area contributed by atoms with Gasteiger partial charge in [-0.15, -0.1) is 0 Å². The summed E-state index contributed by atoms with van der Waals surface area (Å²) in [6.07, 6.45) is 9.14. The van der Waals surface area contributed by atoms with Gasteiger partial charge < -0.3 is 15.1 Å². The van der Waals surface area contributed by atoms with Crippen molar-refractivity contribution in [3.05, 3.63) is 0 Å². The van der Waals surface area contributed by atoms with Gasteiger partial charge in [0, 0.05) is 38.6 Å². The van der Waals surface area contributed by atoms with Gasteiger partial charge in [-0.3, -0.25) is 9.59 Å². The predicted molar refractivity (Wildman–Crippen MR) is 85.4 cm³/mol. The summed E-state index contributed by atoms with van der Waals surface area (Å²) >= 11 is 0. The molecule has 124 valence electrons. The van der Waals surface area contributed by atoms with Gasteiger partial charge in [-0.1, -0.05) is 25.7 Å². The van der Waals surface area contributed by atoms with E-state index < -0.39 is 0 Å². The molecule has 0 spiro atoms. The maximum absolute atomic E-state index is 12.5. The lowest BCUT2D eigenvalue weighted by Crippen LogP contribution is -2.57. The molecule has 1 aliphatic carbocycles. The second-order valence-electron chi connectivity index (χ2n) is 7.09. The number of nitrogens with zero attached hydrogens (tertiary/aromatic N) is 2. The third-order valence-corrected chi connectivity index (χ3v) is 5.56. The first-order valence-corrected chi connectivity index (χ1v) is 9.02. The molecule has 0 aromatic heterocycles. The van der Waals surface area contributed by atoms with Crippen molar-refractivity contribution in [3.63, 3.8) is 0 Å². The van der Waals surface area contributed by atoms with E-state index >= 15 is 0 Å². The smallest absolute Gasteiger partial charge is 0.236 e. The minimum absolute atomic E-state index is 0.191. The fourth-order valence-corrected chi connectivity index (χ4v) is 4.23. The number of carbonyl (C=O) groups is 2. The Kier molecular flexibility index (Phi) is 5.34. The average molecular weight is 307 g/mol. The number of piperazine rings is 1. The monoisotopic (exact) mass is 307 g/mol. The molecule has 5 heteroatoms. The van der Waals surface area contributed by atoms with Crippen molar-refractivity contribution in [2.45, 2.75) is 57.4 Å². The summed E-state index contributed by atoms with van der Waals surface area (Å²) in [6, 6.07) is 0.235. The van der Waals surface area contributed by atoms with Gasteiger partial charge in [-0.05, 0) is 25.2 Å². The number of nitrogens with one attached hydrogen (secondary N) is 1. The van der Waals surface area contributed by atoms with Crippen molar-refractivity contribution in [1.29, 1.82) is 0 Å². The van der Waals surface area contributed by atoms with Crippen molar-refractivity contribution >= 4 is 11.8 Å². The lowest BCUT2D eigenvalue weighted by atomic mass is 9.99. The van der Waals surface area contributed by atoms with E-state index in [4.69, 9.17) is 0 Å². The molecule has 3 rings (SSSR count). The molecule has 3 fully saturated rings. The maximum Gasteiger partial charge on any atom is 0.236 e. The SMILES string of the molecule is O=C(CCC1CCCC1)N1CCCC(N2CCNCC2=O)C1. The molecule has 0 bridgehead atoms. The van der Waals surface area contributed by atoms with Crippen LogP contribution in [-0.4, -0.2) is 60.4 Å². The van der Waals surface area contributed by atoms with Crippen LogP contribution in [0, 0.1) is 5.92 Å². The van der Waals surface area contributed by atoms with Crippen LogP contribution in [0.3, 0.4) is 0 Å². The van der Waals surface area contributed by atoms with Crippen LogP contribution in [0.2, 0.25) is 0 Å². The Balaban J connectivity index is 1.48. The summed E-state index contributed by atoms with van der Waals surface area (Å²) in [5.74, 6) is 1.27. The molecular formula is C17H29N3O2. The van der Waals surface area contributed by atoms with Crippen LogP contribution in [0.4, 0.5) is 0 Å². The summed E-state index contributed by atoms with van der Waals surface area (Å²) in [4.78, 5) is 28.5. The summed E-state index contributed by atoms with van der Waals surface area (Å²) in [7, 11) is 0. The van der Waals surface area contributed by atoms with Gasteiger partial charge in [-0.25, -0.2) is 0 Å². The van der Waals surface area contributed by atoms with Gasteiger partial charge in [0.15, 0.2) is 0 Å². The molecule has 2 heterocycles. The summed E-state index contributed by atoms with van der Waals surface area (Å²) < 4.78 is 0. The molecule has 3 aliphatic rings. The molecule has 1 saturated carbocycles. The summed E-state index contributed by atoms with van der Waals surface area (Å²) in [5, 5.41) is 3.12. The van der Waals surface area contributed by atoms with Crippen molar-refractivity contribution in [2.24, 2.45) is 5.92 Å². The third kappa shape index (κ3) is 3.80. The normalized spacial score (nSPS) is 27.5. The van der Waals surface area contributed by atoms with Crippen LogP contribution in [-0.2, 0) is 9.59 Å². The fourth-order valence-electron chi connectivity index (χ4n) is 4.23. The largest absolute Gasteiger partial charge is 0.341 e. The number of piperidine rings is 1. The molecule has 2 saturated heterocycles. The van der Waals surface area contributed by atoms with Crippen LogP contribution in [0.25, 0.3) is 0 Å². The first kappa shape index (κ1) is 15.8. The molecular weight excluding hydrogens is 278 g/mol. The van der Waals surface area contributed by atoms with Gasteiger partial charge in [0.05, 0.1) is 6.54 Å². The van der Waals surface area contributed by atoms with Gasteiger partial charge in [0.1, 0.15) is 0 Å². The lowest BCUT2D eigenvalue weighted by molar-refractivity contribution is -0.140. The molecule has 2 aliphatic heterocycles. The molecule has 0 aromatic rings. The summed E-state index contributed by atoms with van der Waals surface area (Å²) in [6.45, 7) is 3.73. The first-order valence-electron chi connectivity index (χ1n) is 9.02. The van der Waals surface area contributed by atoms with E-state index in [0.29, 0.717) is 18.9 Å². The zero-order valence-electron chi connectivity index (χ0n) is 13.6. The van der Waals surface area contributed by atoms with Gasteiger partial charge in [-0.2, -0.15) is 0 Å². The highest BCUT2D eigenvalue weighted by molar-refractivity contribution is 5.80. The second kappa shape index (κ2) is 7.44. The lowest BCUT2D eigenvalue weighted by Gasteiger charge is -2.41. The number of rotatable bonds is 4.